The normalized spacial score (nSPS) is 10.8. The third-order valence-corrected chi connectivity index (χ3v) is 5.84. The highest BCUT2D eigenvalue weighted by atomic mass is 16.5. The van der Waals surface area contributed by atoms with Crippen LogP contribution in [0.15, 0.2) is 77.6 Å². The molecule has 0 atom stereocenters. The first-order valence-electron chi connectivity index (χ1n) is 11.2. The van der Waals surface area contributed by atoms with Gasteiger partial charge in [-0.05, 0) is 49.6 Å². The van der Waals surface area contributed by atoms with Crippen molar-refractivity contribution in [1.82, 2.24) is 4.57 Å². The number of ether oxygens (including phenoxy) is 2. The van der Waals surface area contributed by atoms with Gasteiger partial charge in [-0.25, -0.2) is 0 Å². The van der Waals surface area contributed by atoms with E-state index >= 15 is 0 Å². The minimum Gasteiger partial charge on any atom is -0.493 e. The van der Waals surface area contributed by atoms with E-state index in [2.05, 4.69) is 29.6 Å². The Kier molecular flexibility index (Phi) is 6.97. The van der Waals surface area contributed by atoms with Crippen LogP contribution in [0.4, 0.5) is 5.69 Å². The zero-order valence-corrected chi connectivity index (χ0v) is 19.6. The molecule has 1 N–H and O–H groups in total. The molecule has 0 radical (unpaired) electrons. The fourth-order valence-electron chi connectivity index (χ4n) is 4.00. The number of carbonyl (C=O) groups excluding carboxylic acids is 1. The minimum atomic E-state index is -0.278. The summed E-state index contributed by atoms with van der Waals surface area (Å²) in [5, 5.41) is 3.67. The predicted molar refractivity (Wildman–Crippen MR) is 135 cm³/mol. The molecule has 6 heteroatoms. The summed E-state index contributed by atoms with van der Waals surface area (Å²) >= 11 is 0. The molecule has 4 rings (SSSR count). The summed E-state index contributed by atoms with van der Waals surface area (Å²) in [4.78, 5) is 26.4. The molecule has 1 aromatic heterocycles. The zero-order valence-electron chi connectivity index (χ0n) is 19.6. The average Bonchev–Trinajstić information content (AvgIpc) is 2.85. The Morgan fingerprint density at radius 2 is 1.56 bits per heavy atom. The van der Waals surface area contributed by atoms with E-state index in [-0.39, 0.29) is 18.0 Å². The Hall–Kier alpha value is -4.06. The van der Waals surface area contributed by atoms with Crippen LogP contribution in [0.1, 0.15) is 16.7 Å². The molecule has 1 heterocycles. The molecule has 0 saturated carbocycles. The number of anilines is 1. The molecule has 174 valence electrons. The first kappa shape index (κ1) is 23.1. The summed E-state index contributed by atoms with van der Waals surface area (Å²) in [6, 6.07) is 23.0. The first-order valence-corrected chi connectivity index (χ1v) is 11.2. The monoisotopic (exact) mass is 456 g/mol. The number of carbonyl (C=O) groups is 1. The first-order chi connectivity index (χ1) is 16.5. The lowest BCUT2D eigenvalue weighted by atomic mass is 10.0. The highest BCUT2D eigenvalue weighted by Crippen LogP contribution is 2.32. The SMILES string of the molecule is COc1cc2cc(CCc3ccc(C)cc3)c(=O)n(CC(=O)Nc3ccccc3)c2cc1OC. The number of nitrogens with one attached hydrogen (secondary N) is 1. The number of hydrogen-bond acceptors (Lipinski definition) is 4. The molecule has 0 unspecified atom stereocenters. The molecule has 0 saturated heterocycles. The van der Waals surface area contributed by atoms with Gasteiger partial charge < -0.3 is 14.8 Å². The highest BCUT2D eigenvalue weighted by Gasteiger charge is 2.16. The smallest absolute Gasteiger partial charge is 0.254 e. The quantitative estimate of drug-likeness (QED) is 0.415. The molecule has 0 bridgehead atoms. The second-order valence-corrected chi connectivity index (χ2v) is 8.23. The van der Waals surface area contributed by atoms with Gasteiger partial charge >= 0.3 is 0 Å². The van der Waals surface area contributed by atoms with Crippen LogP contribution in [0.5, 0.6) is 11.5 Å². The predicted octanol–water partition coefficient (Wildman–Crippen LogP) is 4.75. The fraction of sp³-hybridized carbons (Fsp3) is 0.214. The van der Waals surface area contributed by atoms with E-state index in [4.69, 9.17) is 9.47 Å². The van der Waals surface area contributed by atoms with Gasteiger partial charge in [0.25, 0.3) is 5.56 Å². The Morgan fingerprint density at radius 3 is 2.24 bits per heavy atom. The van der Waals surface area contributed by atoms with Gasteiger partial charge in [-0.1, -0.05) is 48.0 Å². The molecule has 0 aliphatic heterocycles. The van der Waals surface area contributed by atoms with E-state index < -0.39 is 0 Å². The molecule has 0 aliphatic rings. The van der Waals surface area contributed by atoms with Crippen molar-refractivity contribution < 1.29 is 14.3 Å². The van der Waals surface area contributed by atoms with Crippen LogP contribution >= 0.6 is 0 Å². The number of nitrogens with zero attached hydrogens (tertiary/aromatic N) is 1. The highest BCUT2D eigenvalue weighted by molar-refractivity contribution is 5.92. The fourth-order valence-corrected chi connectivity index (χ4v) is 4.00. The lowest BCUT2D eigenvalue weighted by molar-refractivity contribution is -0.116. The lowest BCUT2D eigenvalue weighted by Crippen LogP contribution is -2.30. The van der Waals surface area contributed by atoms with Gasteiger partial charge in [0.2, 0.25) is 5.91 Å². The van der Waals surface area contributed by atoms with E-state index in [1.54, 1.807) is 20.3 Å². The van der Waals surface area contributed by atoms with E-state index in [0.717, 1.165) is 17.4 Å². The molecule has 4 aromatic rings. The molecule has 0 aliphatic carbocycles. The summed E-state index contributed by atoms with van der Waals surface area (Å²) in [7, 11) is 3.12. The Bertz CT molecular complexity index is 1360. The van der Waals surface area contributed by atoms with Crippen molar-refractivity contribution >= 4 is 22.5 Å². The standard InChI is InChI=1S/C28H28N2O4/c1-19-9-11-20(12-10-19)13-14-21-15-22-16-25(33-2)26(34-3)17-24(22)30(28(21)32)18-27(31)29-23-7-5-4-6-8-23/h4-12,15-17H,13-14,18H2,1-3H3,(H,29,31). The van der Waals surface area contributed by atoms with Crippen LogP contribution < -0.4 is 20.3 Å². The number of rotatable bonds is 8. The van der Waals surface area contributed by atoms with Gasteiger partial charge in [-0.15, -0.1) is 0 Å². The summed E-state index contributed by atoms with van der Waals surface area (Å²) in [5.41, 5.74) is 4.11. The van der Waals surface area contributed by atoms with Crippen molar-refractivity contribution in [3.63, 3.8) is 0 Å². The summed E-state index contributed by atoms with van der Waals surface area (Å²) in [6.07, 6.45) is 1.29. The van der Waals surface area contributed by atoms with Crippen LogP contribution in [-0.4, -0.2) is 24.7 Å². The third kappa shape index (κ3) is 5.12. The van der Waals surface area contributed by atoms with Crippen molar-refractivity contribution in [2.75, 3.05) is 19.5 Å². The second kappa shape index (κ2) is 10.3. The molecule has 3 aromatic carbocycles. The van der Waals surface area contributed by atoms with Crippen LogP contribution in [0.2, 0.25) is 0 Å². The van der Waals surface area contributed by atoms with Crippen molar-refractivity contribution in [1.29, 1.82) is 0 Å². The van der Waals surface area contributed by atoms with E-state index in [1.165, 1.54) is 10.1 Å². The van der Waals surface area contributed by atoms with Crippen molar-refractivity contribution in [3.05, 3.63) is 99.8 Å². The number of aromatic nitrogens is 1. The topological polar surface area (TPSA) is 69.6 Å². The molecular formula is C28H28N2O4. The minimum absolute atomic E-state index is 0.113. The second-order valence-electron chi connectivity index (χ2n) is 8.23. The van der Waals surface area contributed by atoms with Crippen molar-refractivity contribution in [2.45, 2.75) is 26.3 Å². The van der Waals surface area contributed by atoms with Crippen LogP contribution in [0.3, 0.4) is 0 Å². The number of benzene rings is 3. The van der Waals surface area contributed by atoms with Crippen LogP contribution in [-0.2, 0) is 24.2 Å². The van der Waals surface area contributed by atoms with Crippen LogP contribution in [0, 0.1) is 6.92 Å². The van der Waals surface area contributed by atoms with Gasteiger partial charge in [-0.2, -0.15) is 0 Å². The van der Waals surface area contributed by atoms with Gasteiger partial charge in [-0.3, -0.25) is 14.2 Å². The van der Waals surface area contributed by atoms with Gasteiger partial charge in [0.15, 0.2) is 11.5 Å². The largest absolute Gasteiger partial charge is 0.493 e. The van der Waals surface area contributed by atoms with Gasteiger partial charge in [0.1, 0.15) is 6.54 Å². The number of fused-ring (bicyclic) bond motifs is 1. The molecule has 0 spiro atoms. The van der Waals surface area contributed by atoms with Crippen molar-refractivity contribution in [3.8, 4) is 11.5 Å². The van der Waals surface area contributed by atoms with Crippen molar-refractivity contribution in [2.24, 2.45) is 0 Å². The molecule has 34 heavy (non-hydrogen) atoms. The molecular weight excluding hydrogens is 428 g/mol. The summed E-state index contributed by atoms with van der Waals surface area (Å²) in [5.74, 6) is 0.789. The number of para-hydroxylation sites is 1. The third-order valence-electron chi connectivity index (χ3n) is 5.84. The van der Waals surface area contributed by atoms with E-state index in [0.29, 0.717) is 34.7 Å². The molecule has 1 amide bonds. The summed E-state index contributed by atoms with van der Waals surface area (Å²) < 4.78 is 12.4. The van der Waals surface area contributed by atoms with Crippen LogP contribution in [0.25, 0.3) is 10.9 Å². The Balaban J connectivity index is 1.73. The molecule has 6 nitrogen and oxygen atoms in total. The maximum atomic E-state index is 13.5. The number of methoxy groups -OCH3 is 2. The number of hydrogen-bond donors (Lipinski definition) is 1. The zero-order chi connectivity index (χ0) is 24.1. The van der Waals surface area contributed by atoms with Gasteiger partial charge in [0, 0.05) is 22.7 Å². The maximum Gasteiger partial charge on any atom is 0.254 e. The summed E-state index contributed by atoms with van der Waals surface area (Å²) in [6.45, 7) is 1.94. The van der Waals surface area contributed by atoms with E-state index in [9.17, 15) is 9.59 Å². The number of aryl methyl sites for hydroxylation is 3. The maximum absolute atomic E-state index is 13.5. The average molecular weight is 457 g/mol. The number of amides is 1. The molecule has 0 fully saturated rings. The lowest BCUT2D eigenvalue weighted by Gasteiger charge is -2.16. The Morgan fingerprint density at radius 1 is 0.882 bits per heavy atom. The number of pyridine rings is 1. The Labute approximate surface area is 198 Å². The van der Waals surface area contributed by atoms with Gasteiger partial charge in [0.05, 0.1) is 19.7 Å². The van der Waals surface area contributed by atoms with E-state index in [1.807, 2.05) is 49.4 Å².